The molecule has 2 heterocycles. The Labute approximate surface area is 118 Å². The maximum Gasteiger partial charge on any atom is 0.417 e. The fraction of sp³-hybridized carbons (Fsp3) is 0.417. The first-order chi connectivity index (χ1) is 9.25. The molecule has 2 rings (SSSR count). The number of hydrogen-bond acceptors (Lipinski definition) is 3. The maximum absolute atomic E-state index is 12.5. The summed E-state index contributed by atoms with van der Waals surface area (Å²) < 4.78 is 37.6. The molecule has 0 saturated carbocycles. The van der Waals surface area contributed by atoms with E-state index in [0.717, 1.165) is 11.1 Å². The third-order valence-corrected chi connectivity index (χ3v) is 3.30. The highest BCUT2D eigenvalue weighted by molar-refractivity contribution is 6.34. The zero-order chi connectivity index (χ0) is 15.1. The number of hydrazone groups is 1. The molecule has 1 aliphatic rings. The largest absolute Gasteiger partial charge is 0.417 e. The minimum atomic E-state index is -4.53. The summed E-state index contributed by atoms with van der Waals surface area (Å²) >= 11 is 5.79. The lowest BCUT2D eigenvalue weighted by molar-refractivity contribution is -0.137. The summed E-state index contributed by atoms with van der Waals surface area (Å²) in [6.45, 7) is 3.52. The van der Waals surface area contributed by atoms with Crippen LogP contribution in [0.1, 0.15) is 25.8 Å². The third-order valence-electron chi connectivity index (χ3n) is 3.02. The highest BCUT2D eigenvalue weighted by Gasteiger charge is 2.36. The van der Waals surface area contributed by atoms with E-state index in [1.165, 1.54) is 0 Å². The Kier molecular flexibility index (Phi) is 3.73. The summed E-state index contributed by atoms with van der Waals surface area (Å²) in [4.78, 5) is 15.6. The second-order valence-corrected chi connectivity index (χ2v) is 4.75. The second kappa shape index (κ2) is 5.05. The van der Waals surface area contributed by atoms with E-state index in [-0.39, 0.29) is 16.7 Å². The Morgan fingerprint density at radius 1 is 1.45 bits per heavy atom. The molecule has 1 aliphatic heterocycles. The van der Waals surface area contributed by atoms with Gasteiger partial charge in [0.05, 0.1) is 22.2 Å². The van der Waals surface area contributed by atoms with Gasteiger partial charge < -0.3 is 0 Å². The fourth-order valence-electron chi connectivity index (χ4n) is 1.86. The topological polar surface area (TPSA) is 45.6 Å². The molecule has 0 bridgehead atoms. The number of pyridine rings is 1. The van der Waals surface area contributed by atoms with Gasteiger partial charge in [0.1, 0.15) is 0 Å². The molecule has 0 saturated heterocycles. The van der Waals surface area contributed by atoms with Crippen LogP contribution in [0.4, 0.5) is 19.0 Å². The molecule has 0 fully saturated rings. The summed E-state index contributed by atoms with van der Waals surface area (Å²) in [7, 11) is 0. The van der Waals surface area contributed by atoms with E-state index >= 15 is 0 Å². The van der Waals surface area contributed by atoms with Crippen LogP contribution in [0.2, 0.25) is 5.02 Å². The summed E-state index contributed by atoms with van der Waals surface area (Å²) in [6.07, 6.45) is -3.32. The van der Waals surface area contributed by atoms with Crippen LogP contribution < -0.4 is 5.01 Å². The van der Waals surface area contributed by atoms with Crippen LogP contribution in [0.25, 0.3) is 0 Å². The van der Waals surface area contributed by atoms with Crippen LogP contribution in [-0.2, 0) is 11.0 Å². The zero-order valence-electron chi connectivity index (χ0n) is 10.7. The summed E-state index contributed by atoms with van der Waals surface area (Å²) in [5, 5.41) is 4.77. The molecule has 0 spiro atoms. The van der Waals surface area contributed by atoms with Gasteiger partial charge >= 0.3 is 6.18 Å². The van der Waals surface area contributed by atoms with Crippen molar-refractivity contribution in [1.82, 2.24) is 4.98 Å². The summed E-state index contributed by atoms with van der Waals surface area (Å²) in [6, 6.07) is 0.737. The van der Waals surface area contributed by atoms with Crippen LogP contribution in [0.3, 0.4) is 0 Å². The standard InChI is InChI=1S/C12H11ClF3N3O/c1-3-9-6(2)11(20)19(18-9)10-8(13)4-7(5-17-10)12(14,15)16/h4-6H,3H2,1-2H3. The van der Waals surface area contributed by atoms with Crippen molar-refractivity contribution in [3.05, 3.63) is 22.8 Å². The smallest absolute Gasteiger partial charge is 0.272 e. The Morgan fingerprint density at radius 2 is 2.10 bits per heavy atom. The van der Waals surface area contributed by atoms with Gasteiger partial charge in [-0.3, -0.25) is 4.79 Å². The van der Waals surface area contributed by atoms with Gasteiger partial charge in [0.2, 0.25) is 0 Å². The molecule has 4 nitrogen and oxygen atoms in total. The maximum atomic E-state index is 12.5. The van der Waals surface area contributed by atoms with Crippen LogP contribution in [0.5, 0.6) is 0 Å². The lowest BCUT2D eigenvalue weighted by atomic mass is 10.0. The quantitative estimate of drug-likeness (QED) is 0.839. The Bertz CT molecular complexity index is 586. The molecule has 0 aliphatic carbocycles. The van der Waals surface area contributed by atoms with Crippen LogP contribution in [-0.4, -0.2) is 16.6 Å². The van der Waals surface area contributed by atoms with Gasteiger partial charge in [-0.05, 0) is 19.4 Å². The normalized spacial score (nSPS) is 19.5. The van der Waals surface area contributed by atoms with Crippen molar-refractivity contribution in [2.45, 2.75) is 26.4 Å². The fourth-order valence-corrected chi connectivity index (χ4v) is 2.11. The van der Waals surface area contributed by atoms with Crippen molar-refractivity contribution in [3.8, 4) is 0 Å². The number of carbonyl (C=O) groups is 1. The van der Waals surface area contributed by atoms with Gasteiger partial charge in [0.15, 0.2) is 5.82 Å². The first kappa shape index (κ1) is 14.8. The second-order valence-electron chi connectivity index (χ2n) is 4.34. The molecule has 1 amide bonds. The molecule has 108 valence electrons. The number of aromatic nitrogens is 1. The van der Waals surface area contributed by atoms with Gasteiger partial charge in [-0.25, -0.2) is 4.98 Å². The minimum absolute atomic E-state index is 0.0834. The van der Waals surface area contributed by atoms with Crippen molar-refractivity contribution in [2.24, 2.45) is 11.0 Å². The van der Waals surface area contributed by atoms with Gasteiger partial charge in [0, 0.05) is 6.20 Å². The van der Waals surface area contributed by atoms with E-state index in [4.69, 9.17) is 11.6 Å². The van der Waals surface area contributed by atoms with Crippen molar-refractivity contribution in [1.29, 1.82) is 0 Å². The average Bonchev–Trinajstić information content (AvgIpc) is 2.65. The minimum Gasteiger partial charge on any atom is -0.272 e. The highest BCUT2D eigenvalue weighted by Crippen LogP contribution is 2.35. The number of carbonyl (C=O) groups excluding carboxylic acids is 1. The monoisotopic (exact) mass is 305 g/mol. The van der Waals surface area contributed by atoms with E-state index in [1.54, 1.807) is 6.92 Å². The molecule has 8 heteroatoms. The zero-order valence-corrected chi connectivity index (χ0v) is 11.5. The average molecular weight is 306 g/mol. The van der Waals surface area contributed by atoms with Crippen molar-refractivity contribution in [3.63, 3.8) is 0 Å². The van der Waals surface area contributed by atoms with Gasteiger partial charge in [-0.2, -0.15) is 23.3 Å². The Morgan fingerprint density at radius 3 is 2.55 bits per heavy atom. The molecule has 1 unspecified atom stereocenters. The van der Waals surface area contributed by atoms with Crippen molar-refractivity contribution >= 4 is 29.0 Å². The molecule has 0 N–H and O–H groups in total. The molecule has 1 atom stereocenters. The van der Waals surface area contributed by atoms with Gasteiger partial charge in [0.25, 0.3) is 5.91 Å². The predicted molar refractivity (Wildman–Crippen MR) is 68.6 cm³/mol. The number of nitrogens with zero attached hydrogens (tertiary/aromatic N) is 3. The molecular weight excluding hydrogens is 295 g/mol. The number of anilines is 1. The number of halogens is 4. The molecule has 0 aromatic carbocycles. The summed E-state index contributed by atoms with van der Waals surface area (Å²) in [5.74, 6) is -0.851. The van der Waals surface area contributed by atoms with Crippen molar-refractivity contribution < 1.29 is 18.0 Å². The number of hydrogen-bond donors (Lipinski definition) is 0. The number of alkyl halides is 3. The van der Waals surface area contributed by atoms with E-state index in [2.05, 4.69) is 10.1 Å². The Balaban J connectivity index is 2.40. The van der Waals surface area contributed by atoms with E-state index < -0.39 is 17.7 Å². The van der Waals surface area contributed by atoms with Crippen LogP contribution in [0, 0.1) is 5.92 Å². The van der Waals surface area contributed by atoms with E-state index in [0.29, 0.717) is 18.3 Å². The molecule has 1 aromatic rings. The first-order valence-corrected chi connectivity index (χ1v) is 6.27. The van der Waals surface area contributed by atoms with Crippen LogP contribution >= 0.6 is 11.6 Å². The number of amides is 1. The van der Waals surface area contributed by atoms with Crippen molar-refractivity contribution in [2.75, 3.05) is 5.01 Å². The molecular formula is C12H11ClF3N3O. The SMILES string of the molecule is CCC1=NN(c2ncc(C(F)(F)F)cc2Cl)C(=O)C1C. The molecule has 20 heavy (non-hydrogen) atoms. The molecule has 0 radical (unpaired) electrons. The van der Waals surface area contributed by atoms with Gasteiger partial charge in [-0.1, -0.05) is 18.5 Å². The van der Waals surface area contributed by atoms with E-state index in [9.17, 15) is 18.0 Å². The van der Waals surface area contributed by atoms with Crippen LogP contribution in [0.15, 0.2) is 17.4 Å². The van der Waals surface area contributed by atoms with Gasteiger partial charge in [-0.15, -0.1) is 0 Å². The van der Waals surface area contributed by atoms with E-state index in [1.807, 2.05) is 6.92 Å². The number of rotatable bonds is 2. The lowest BCUT2D eigenvalue weighted by Crippen LogP contribution is -2.26. The lowest BCUT2D eigenvalue weighted by Gasteiger charge is -2.14. The highest BCUT2D eigenvalue weighted by atomic mass is 35.5. The first-order valence-electron chi connectivity index (χ1n) is 5.89. The summed E-state index contributed by atoms with van der Waals surface area (Å²) in [5.41, 5.74) is -0.321. The third kappa shape index (κ3) is 2.49. The Hall–Kier alpha value is -1.63. The molecule has 1 aromatic heterocycles. The predicted octanol–water partition coefficient (Wildman–Crippen LogP) is 3.50.